The lowest BCUT2D eigenvalue weighted by atomic mass is 10.2. The smallest absolute Gasteiger partial charge is 0.166 e. The van der Waals surface area contributed by atoms with Crippen molar-refractivity contribution in [2.75, 3.05) is 5.73 Å². The van der Waals surface area contributed by atoms with E-state index in [2.05, 4.69) is 15.9 Å². The molecule has 96 valence electrons. The standard InChI is InChI=1S/C14H10BrFN2O/c15-11-3-2-10(13(18)6-11)8-19-14-4-1-9(7-17)5-12(14)16/h1-6H,8,18H2. The molecule has 2 N–H and O–H groups in total. The molecule has 0 spiro atoms. The van der Waals surface area contributed by atoms with Crippen LogP contribution < -0.4 is 10.5 Å². The first-order valence-corrected chi connectivity index (χ1v) is 6.26. The van der Waals surface area contributed by atoms with Crippen molar-refractivity contribution in [3.8, 4) is 11.8 Å². The first-order chi connectivity index (χ1) is 9.10. The van der Waals surface area contributed by atoms with E-state index in [0.29, 0.717) is 5.69 Å². The van der Waals surface area contributed by atoms with Gasteiger partial charge in [0.25, 0.3) is 0 Å². The maximum absolute atomic E-state index is 13.6. The van der Waals surface area contributed by atoms with Gasteiger partial charge < -0.3 is 10.5 Å². The molecule has 3 nitrogen and oxygen atoms in total. The van der Waals surface area contributed by atoms with E-state index in [0.717, 1.165) is 16.1 Å². The van der Waals surface area contributed by atoms with E-state index in [1.165, 1.54) is 12.1 Å². The molecule has 19 heavy (non-hydrogen) atoms. The van der Waals surface area contributed by atoms with Gasteiger partial charge in [0, 0.05) is 15.7 Å². The molecule has 0 aliphatic carbocycles. The van der Waals surface area contributed by atoms with Crippen LogP contribution in [0.4, 0.5) is 10.1 Å². The number of rotatable bonds is 3. The number of ether oxygens (including phenoxy) is 1. The molecule has 0 aliphatic rings. The molecule has 2 aromatic carbocycles. The third-order valence-corrected chi connectivity index (χ3v) is 3.05. The van der Waals surface area contributed by atoms with Gasteiger partial charge in [-0.15, -0.1) is 0 Å². The van der Waals surface area contributed by atoms with Gasteiger partial charge in [0.05, 0.1) is 11.6 Å². The Labute approximate surface area is 118 Å². The minimum Gasteiger partial charge on any atom is -0.486 e. The number of anilines is 1. The fourth-order valence-electron chi connectivity index (χ4n) is 1.54. The topological polar surface area (TPSA) is 59.0 Å². The summed E-state index contributed by atoms with van der Waals surface area (Å²) in [4.78, 5) is 0. The number of hydrogen-bond acceptors (Lipinski definition) is 3. The summed E-state index contributed by atoms with van der Waals surface area (Å²) in [6.07, 6.45) is 0. The summed E-state index contributed by atoms with van der Waals surface area (Å²) in [6, 6.07) is 11.3. The van der Waals surface area contributed by atoms with E-state index in [9.17, 15) is 4.39 Å². The van der Waals surface area contributed by atoms with Crippen molar-refractivity contribution in [1.82, 2.24) is 0 Å². The predicted molar refractivity (Wildman–Crippen MR) is 74.0 cm³/mol. The van der Waals surface area contributed by atoms with Gasteiger partial charge in [0.2, 0.25) is 0 Å². The summed E-state index contributed by atoms with van der Waals surface area (Å²) in [7, 11) is 0. The van der Waals surface area contributed by atoms with Crippen LogP contribution >= 0.6 is 15.9 Å². The summed E-state index contributed by atoms with van der Waals surface area (Å²) < 4.78 is 19.8. The van der Waals surface area contributed by atoms with E-state index in [-0.39, 0.29) is 17.9 Å². The van der Waals surface area contributed by atoms with Crippen LogP contribution in [0.5, 0.6) is 5.75 Å². The van der Waals surface area contributed by atoms with Gasteiger partial charge in [-0.3, -0.25) is 0 Å². The van der Waals surface area contributed by atoms with Crippen LogP contribution in [-0.2, 0) is 6.61 Å². The van der Waals surface area contributed by atoms with Crippen molar-refractivity contribution in [3.63, 3.8) is 0 Å². The molecule has 0 saturated heterocycles. The molecular weight excluding hydrogens is 311 g/mol. The number of nitrogens with zero attached hydrogens (tertiary/aromatic N) is 1. The molecule has 0 saturated carbocycles. The first kappa shape index (κ1) is 13.4. The Hall–Kier alpha value is -2.06. The van der Waals surface area contributed by atoms with Gasteiger partial charge in [-0.25, -0.2) is 4.39 Å². The quantitative estimate of drug-likeness (QED) is 0.879. The third-order valence-electron chi connectivity index (χ3n) is 2.55. The zero-order valence-electron chi connectivity index (χ0n) is 9.86. The van der Waals surface area contributed by atoms with Gasteiger partial charge in [-0.1, -0.05) is 22.0 Å². The average molecular weight is 321 g/mol. The van der Waals surface area contributed by atoms with Crippen LogP contribution in [0.15, 0.2) is 40.9 Å². The van der Waals surface area contributed by atoms with E-state index < -0.39 is 5.82 Å². The van der Waals surface area contributed by atoms with Crippen molar-refractivity contribution in [3.05, 3.63) is 57.8 Å². The second kappa shape index (κ2) is 5.72. The van der Waals surface area contributed by atoms with Crippen molar-refractivity contribution in [2.24, 2.45) is 0 Å². The minimum atomic E-state index is -0.560. The summed E-state index contributed by atoms with van der Waals surface area (Å²) in [6.45, 7) is 0.169. The molecule has 2 aromatic rings. The lowest BCUT2D eigenvalue weighted by Gasteiger charge is -2.09. The monoisotopic (exact) mass is 320 g/mol. The largest absolute Gasteiger partial charge is 0.486 e. The summed E-state index contributed by atoms with van der Waals surface area (Å²) in [5.74, 6) is -0.462. The van der Waals surface area contributed by atoms with Gasteiger partial charge in [0.1, 0.15) is 6.61 Å². The Bertz CT molecular complexity index is 652. The Morgan fingerprint density at radius 3 is 2.68 bits per heavy atom. The highest BCUT2D eigenvalue weighted by Crippen LogP contribution is 2.22. The summed E-state index contributed by atoms with van der Waals surface area (Å²) in [5, 5.41) is 8.64. The highest BCUT2D eigenvalue weighted by molar-refractivity contribution is 9.10. The number of nitrogen functional groups attached to an aromatic ring is 1. The molecule has 0 fully saturated rings. The summed E-state index contributed by atoms with van der Waals surface area (Å²) >= 11 is 3.31. The Morgan fingerprint density at radius 2 is 2.05 bits per heavy atom. The highest BCUT2D eigenvalue weighted by atomic mass is 79.9. The van der Waals surface area contributed by atoms with Gasteiger partial charge >= 0.3 is 0 Å². The van der Waals surface area contributed by atoms with Crippen LogP contribution in [0.25, 0.3) is 0 Å². The van der Waals surface area contributed by atoms with Crippen LogP contribution in [0, 0.1) is 17.1 Å². The van der Waals surface area contributed by atoms with E-state index in [1.54, 1.807) is 12.1 Å². The number of hydrogen-bond donors (Lipinski definition) is 1. The molecule has 0 atom stereocenters. The lowest BCUT2D eigenvalue weighted by Crippen LogP contribution is -2.01. The Balaban J connectivity index is 2.13. The van der Waals surface area contributed by atoms with Crippen LogP contribution in [-0.4, -0.2) is 0 Å². The zero-order valence-corrected chi connectivity index (χ0v) is 11.4. The lowest BCUT2D eigenvalue weighted by molar-refractivity contribution is 0.291. The molecule has 5 heteroatoms. The second-order valence-electron chi connectivity index (χ2n) is 3.89. The second-order valence-corrected chi connectivity index (χ2v) is 4.80. The molecule has 0 bridgehead atoms. The number of benzene rings is 2. The number of halogens is 2. The number of nitriles is 1. The Morgan fingerprint density at radius 1 is 1.26 bits per heavy atom. The maximum Gasteiger partial charge on any atom is 0.166 e. The number of nitrogens with two attached hydrogens (primary N) is 1. The normalized spacial score (nSPS) is 9.95. The SMILES string of the molecule is N#Cc1ccc(OCc2ccc(Br)cc2N)c(F)c1. The molecule has 0 unspecified atom stereocenters. The van der Waals surface area contributed by atoms with Crippen molar-refractivity contribution in [1.29, 1.82) is 5.26 Å². The molecule has 0 aliphatic heterocycles. The first-order valence-electron chi connectivity index (χ1n) is 5.46. The van der Waals surface area contributed by atoms with Crippen LogP contribution in [0.2, 0.25) is 0 Å². The van der Waals surface area contributed by atoms with Gasteiger partial charge in [0.15, 0.2) is 11.6 Å². The molecule has 2 rings (SSSR count). The molecule has 0 amide bonds. The third kappa shape index (κ3) is 3.24. The molecule has 0 heterocycles. The van der Waals surface area contributed by atoms with Crippen molar-refractivity contribution >= 4 is 21.6 Å². The van der Waals surface area contributed by atoms with E-state index in [4.69, 9.17) is 15.7 Å². The zero-order chi connectivity index (χ0) is 13.8. The van der Waals surface area contributed by atoms with Crippen molar-refractivity contribution in [2.45, 2.75) is 6.61 Å². The molecule has 0 aromatic heterocycles. The van der Waals surface area contributed by atoms with Crippen LogP contribution in [0.1, 0.15) is 11.1 Å². The fraction of sp³-hybridized carbons (Fsp3) is 0.0714. The van der Waals surface area contributed by atoms with Gasteiger partial charge in [-0.2, -0.15) is 5.26 Å². The van der Waals surface area contributed by atoms with E-state index in [1.807, 2.05) is 12.1 Å². The maximum atomic E-state index is 13.6. The van der Waals surface area contributed by atoms with Crippen LogP contribution in [0.3, 0.4) is 0 Å². The highest BCUT2D eigenvalue weighted by Gasteiger charge is 2.06. The Kier molecular flexibility index (Phi) is 4.03. The van der Waals surface area contributed by atoms with E-state index >= 15 is 0 Å². The molecular formula is C14H10BrFN2O. The average Bonchev–Trinajstić information content (AvgIpc) is 2.39. The van der Waals surface area contributed by atoms with Crippen molar-refractivity contribution < 1.29 is 9.13 Å². The molecule has 0 radical (unpaired) electrons. The minimum absolute atomic E-state index is 0.0984. The summed E-state index contributed by atoms with van der Waals surface area (Å²) in [5.41, 5.74) is 7.42. The van der Waals surface area contributed by atoms with Gasteiger partial charge in [-0.05, 0) is 30.3 Å². The fourth-order valence-corrected chi connectivity index (χ4v) is 1.92. The predicted octanol–water partition coefficient (Wildman–Crippen LogP) is 3.62.